The minimum atomic E-state index is -0.323. The minimum Gasteiger partial charge on any atom is -0.331 e. The number of hydrogen-bond acceptors (Lipinski definition) is 3. The van der Waals surface area contributed by atoms with E-state index in [1.54, 1.807) is 12.1 Å². The summed E-state index contributed by atoms with van der Waals surface area (Å²) in [5, 5.41) is 3.06. The second-order valence-electron chi connectivity index (χ2n) is 4.24. The van der Waals surface area contributed by atoms with E-state index in [1.165, 1.54) is 23.9 Å². The van der Waals surface area contributed by atoms with Gasteiger partial charge in [0.15, 0.2) is 5.11 Å². The number of anilines is 1. The quantitative estimate of drug-likeness (QED) is 0.456. The number of carbonyl (C=O) groups is 1. The first-order chi connectivity index (χ1) is 10.6. The molecule has 114 valence electrons. The van der Waals surface area contributed by atoms with Gasteiger partial charge in [-0.15, -0.1) is 11.8 Å². The number of hydrazine groups is 1. The molecule has 2 aromatic rings. The molecule has 0 saturated heterocycles. The van der Waals surface area contributed by atoms with Crippen molar-refractivity contribution in [3.8, 4) is 0 Å². The van der Waals surface area contributed by atoms with E-state index in [0.717, 1.165) is 4.90 Å². The van der Waals surface area contributed by atoms with Crippen LogP contribution in [0.1, 0.15) is 0 Å². The lowest BCUT2D eigenvalue weighted by molar-refractivity contribution is -0.119. The average Bonchev–Trinajstić information content (AvgIpc) is 2.54. The molecular formula is C15H14FN3OS2. The Kier molecular flexibility index (Phi) is 6.17. The number of amides is 1. The Bertz CT molecular complexity index is 635. The average molecular weight is 335 g/mol. The number of nitrogens with one attached hydrogen (secondary N) is 3. The topological polar surface area (TPSA) is 53.2 Å². The van der Waals surface area contributed by atoms with Gasteiger partial charge in [-0.1, -0.05) is 18.2 Å². The van der Waals surface area contributed by atoms with E-state index < -0.39 is 0 Å². The highest BCUT2D eigenvalue weighted by atomic mass is 32.2. The number of thiocarbonyl (C=S) groups is 1. The first-order valence-corrected chi connectivity index (χ1v) is 7.82. The van der Waals surface area contributed by atoms with Crippen LogP contribution in [0.15, 0.2) is 59.5 Å². The smallest absolute Gasteiger partial charge is 0.248 e. The van der Waals surface area contributed by atoms with Gasteiger partial charge >= 0.3 is 0 Å². The summed E-state index contributed by atoms with van der Waals surface area (Å²) in [4.78, 5) is 12.7. The lowest BCUT2D eigenvalue weighted by Crippen LogP contribution is -2.44. The molecule has 0 bridgehead atoms. The molecule has 0 heterocycles. The van der Waals surface area contributed by atoms with Crippen LogP contribution in [0.5, 0.6) is 0 Å². The largest absolute Gasteiger partial charge is 0.331 e. The maximum Gasteiger partial charge on any atom is 0.248 e. The van der Waals surface area contributed by atoms with E-state index in [1.807, 2.05) is 30.3 Å². The van der Waals surface area contributed by atoms with Crippen molar-refractivity contribution in [2.75, 3.05) is 11.1 Å². The van der Waals surface area contributed by atoms with E-state index in [2.05, 4.69) is 16.2 Å². The third-order valence-electron chi connectivity index (χ3n) is 2.53. The van der Waals surface area contributed by atoms with Crippen molar-refractivity contribution in [3.63, 3.8) is 0 Å². The van der Waals surface area contributed by atoms with Gasteiger partial charge in [-0.25, -0.2) is 4.39 Å². The highest BCUT2D eigenvalue weighted by Gasteiger charge is 2.03. The van der Waals surface area contributed by atoms with E-state index in [4.69, 9.17) is 12.2 Å². The van der Waals surface area contributed by atoms with Gasteiger partial charge in [0.1, 0.15) is 5.82 Å². The maximum absolute atomic E-state index is 12.8. The summed E-state index contributed by atoms with van der Waals surface area (Å²) in [7, 11) is 0. The Labute approximate surface area is 137 Å². The summed E-state index contributed by atoms with van der Waals surface area (Å²) in [5.74, 6) is -0.247. The zero-order valence-corrected chi connectivity index (χ0v) is 13.1. The van der Waals surface area contributed by atoms with Crippen LogP contribution >= 0.6 is 24.0 Å². The predicted octanol–water partition coefficient (Wildman–Crippen LogP) is 2.94. The normalized spacial score (nSPS) is 9.86. The Morgan fingerprint density at radius 1 is 1.05 bits per heavy atom. The zero-order valence-electron chi connectivity index (χ0n) is 11.5. The molecule has 0 fully saturated rings. The molecule has 0 aliphatic heterocycles. The third kappa shape index (κ3) is 5.71. The molecule has 3 N–H and O–H groups in total. The number of rotatable bonds is 4. The van der Waals surface area contributed by atoms with E-state index in [-0.39, 0.29) is 22.6 Å². The van der Waals surface area contributed by atoms with Gasteiger partial charge in [0.2, 0.25) is 5.91 Å². The second kappa shape index (κ2) is 8.35. The standard InChI is InChI=1S/C15H14FN3OS2/c16-11-6-8-12(9-7-11)17-15(21)19-18-14(20)10-22-13-4-2-1-3-5-13/h1-9H,10H2,(H,18,20)(H2,17,19,21). The molecule has 1 amide bonds. The van der Waals surface area contributed by atoms with Crippen LogP contribution in [0.3, 0.4) is 0 Å². The molecule has 4 nitrogen and oxygen atoms in total. The van der Waals surface area contributed by atoms with Crippen molar-refractivity contribution in [3.05, 3.63) is 60.4 Å². The SMILES string of the molecule is O=C(CSc1ccccc1)NNC(=S)Nc1ccc(F)cc1. The van der Waals surface area contributed by atoms with Crippen molar-refractivity contribution in [1.29, 1.82) is 0 Å². The molecule has 22 heavy (non-hydrogen) atoms. The van der Waals surface area contributed by atoms with Crippen LogP contribution in [0.4, 0.5) is 10.1 Å². The van der Waals surface area contributed by atoms with Gasteiger partial charge in [0.25, 0.3) is 0 Å². The highest BCUT2D eigenvalue weighted by molar-refractivity contribution is 8.00. The summed E-state index contributed by atoms with van der Waals surface area (Å²) in [6.45, 7) is 0. The lowest BCUT2D eigenvalue weighted by atomic mass is 10.3. The fourth-order valence-corrected chi connectivity index (χ4v) is 2.41. The van der Waals surface area contributed by atoms with Crippen molar-refractivity contribution < 1.29 is 9.18 Å². The maximum atomic E-state index is 12.8. The second-order valence-corrected chi connectivity index (χ2v) is 5.69. The van der Waals surface area contributed by atoms with Crippen molar-refractivity contribution >= 4 is 40.7 Å². The van der Waals surface area contributed by atoms with Crippen LogP contribution < -0.4 is 16.2 Å². The molecule has 0 unspecified atom stereocenters. The predicted molar refractivity (Wildman–Crippen MR) is 91.1 cm³/mol. The fraction of sp³-hybridized carbons (Fsp3) is 0.0667. The van der Waals surface area contributed by atoms with Crippen LogP contribution in [-0.2, 0) is 4.79 Å². The summed E-state index contributed by atoms with van der Waals surface area (Å²) >= 11 is 6.46. The Balaban J connectivity index is 1.69. The minimum absolute atomic E-state index is 0.197. The fourth-order valence-electron chi connectivity index (χ4n) is 1.52. The molecule has 2 aromatic carbocycles. The van der Waals surface area contributed by atoms with Gasteiger partial charge in [-0.05, 0) is 48.6 Å². The monoisotopic (exact) mass is 335 g/mol. The van der Waals surface area contributed by atoms with E-state index in [0.29, 0.717) is 5.69 Å². The van der Waals surface area contributed by atoms with Gasteiger partial charge in [-0.2, -0.15) is 0 Å². The van der Waals surface area contributed by atoms with Crippen LogP contribution in [0.2, 0.25) is 0 Å². The Morgan fingerprint density at radius 2 is 1.73 bits per heavy atom. The molecule has 2 rings (SSSR count). The molecule has 0 saturated carbocycles. The molecule has 0 spiro atoms. The number of benzene rings is 2. The van der Waals surface area contributed by atoms with Crippen LogP contribution in [0.25, 0.3) is 0 Å². The summed E-state index contributed by atoms with van der Waals surface area (Å²) < 4.78 is 12.8. The number of thioether (sulfide) groups is 1. The molecule has 0 radical (unpaired) electrons. The lowest BCUT2D eigenvalue weighted by Gasteiger charge is -2.11. The Hall–Kier alpha value is -2.12. The molecule has 0 aliphatic rings. The first kappa shape index (κ1) is 16.3. The summed E-state index contributed by atoms with van der Waals surface area (Å²) in [6.07, 6.45) is 0. The van der Waals surface area contributed by atoms with Crippen LogP contribution in [0, 0.1) is 5.82 Å². The molecule has 0 aromatic heterocycles. The van der Waals surface area contributed by atoms with Crippen molar-refractivity contribution in [2.24, 2.45) is 0 Å². The van der Waals surface area contributed by atoms with E-state index in [9.17, 15) is 9.18 Å². The molecular weight excluding hydrogens is 321 g/mol. The summed E-state index contributed by atoms with van der Waals surface area (Å²) in [6, 6.07) is 15.4. The molecule has 7 heteroatoms. The summed E-state index contributed by atoms with van der Waals surface area (Å²) in [5.41, 5.74) is 5.72. The van der Waals surface area contributed by atoms with Gasteiger partial charge < -0.3 is 5.32 Å². The van der Waals surface area contributed by atoms with E-state index >= 15 is 0 Å². The van der Waals surface area contributed by atoms with Gasteiger partial charge in [0, 0.05) is 10.6 Å². The van der Waals surface area contributed by atoms with Crippen molar-refractivity contribution in [1.82, 2.24) is 10.9 Å². The zero-order chi connectivity index (χ0) is 15.8. The first-order valence-electron chi connectivity index (χ1n) is 6.43. The van der Waals surface area contributed by atoms with Crippen molar-refractivity contribution in [2.45, 2.75) is 4.90 Å². The van der Waals surface area contributed by atoms with Crippen LogP contribution in [-0.4, -0.2) is 16.8 Å². The van der Waals surface area contributed by atoms with Gasteiger partial charge in [-0.3, -0.25) is 15.6 Å². The number of hydrogen-bond donors (Lipinski definition) is 3. The third-order valence-corrected chi connectivity index (χ3v) is 3.75. The molecule has 0 aliphatic carbocycles. The Morgan fingerprint density at radius 3 is 2.41 bits per heavy atom. The highest BCUT2D eigenvalue weighted by Crippen LogP contribution is 2.16. The number of carbonyl (C=O) groups excluding carboxylic acids is 1. The number of halogens is 1. The van der Waals surface area contributed by atoms with Gasteiger partial charge in [0.05, 0.1) is 5.75 Å². The molecule has 0 atom stereocenters.